The summed E-state index contributed by atoms with van der Waals surface area (Å²) < 4.78 is 11.2. The lowest BCUT2D eigenvalue weighted by Crippen LogP contribution is -2.46. The highest BCUT2D eigenvalue weighted by Gasteiger charge is 2.34. The van der Waals surface area contributed by atoms with Gasteiger partial charge < -0.3 is 20.1 Å². The summed E-state index contributed by atoms with van der Waals surface area (Å²) in [6, 6.07) is 6.61. The molecule has 1 aliphatic heterocycles. The number of esters is 1. The summed E-state index contributed by atoms with van der Waals surface area (Å²) in [5, 5.41) is 5.67. The smallest absolute Gasteiger partial charge is 0.338 e. The van der Waals surface area contributed by atoms with E-state index in [-0.39, 0.29) is 12.6 Å². The Morgan fingerprint density at radius 3 is 2.56 bits per heavy atom. The largest absolute Gasteiger partial charge is 0.493 e. The fourth-order valence-corrected chi connectivity index (χ4v) is 3.03. The molecule has 0 radical (unpaired) electrons. The van der Waals surface area contributed by atoms with Gasteiger partial charge in [-0.2, -0.15) is 0 Å². The zero-order chi connectivity index (χ0) is 19.6. The maximum Gasteiger partial charge on any atom is 0.338 e. The summed E-state index contributed by atoms with van der Waals surface area (Å²) in [7, 11) is 0. The first-order valence-corrected chi connectivity index (χ1v) is 9.81. The van der Waals surface area contributed by atoms with Crippen molar-refractivity contribution < 1.29 is 19.1 Å². The highest BCUT2D eigenvalue weighted by Crippen LogP contribution is 2.34. The second kappa shape index (κ2) is 10.6. The number of amides is 2. The van der Waals surface area contributed by atoms with E-state index in [1.54, 1.807) is 6.92 Å². The van der Waals surface area contributed by atoms with E-state index < -0.39 is 12.0 Å². The van der Waals surface area contributed by atoms with Crippen molar-refractivity contribution in [2.24, 2.45) is 0 Å². The maximum absolute atomic E-state index is 12.7. The van der Waals surface area contributed by atoms with E-state index in [0.29, 0.717) is 30.0 Å². The number of allylic oxidation sites excluding steroid dienone is 1. The van der Waals surface area contributed by atoms with Gasteiger partial charge in [-0.3, -0.25) is 0 Å². The Morgan fingerprint density at radius 1 is 1.11 bits per heavy atom. The molecule has 1 aromatic carbocycles. The van der Waals surface area contributed by atoms with Crippen molar-refractivity contribution in [2.75, 3.05) is 13.2 Å². The quantitative estimate of drug-likeness (QED) is 0.475. The molecule has 27 heavy (non-hydrogen) atoms. The molecule has 0 saturated heterocycles. The first-order chi connectivity index (χ1) is 13.1. The van der Waals surface area contributed by atoms with Crippen LogP contribution in [0.2, 0.25) is 0 Å². The molecule has 0 fully saturated rings. The fourth-order valence-electron chi connectivity index (χ4n) is 3.03. The number of hydrogen-bond donors (Lipinski definition) is 2. The van der Waals surface area contributed by atoms with Crippen molar-refractivity contribution in [3.8, 4) is 5.75 Å². The van der Waals surface area contributed by atoms with Gasteiger partial charge in [-0.25, -0.2) is 9.59 Å². The van der Waals surface area contributed by atoms with Crippen LogP contribution in [0, 0.1) is 0 Å². The number of urea groups is 1. The molecule has 1 aromatic rings. The topological polar surface area (TPSA) is 76.7 Å². The molecule has 1 heterocycles. The Kier molecular flexibility index (Phi) is 8.17. The molecule has 2 rings (SSSR count). The van der Waals surface area contributed by atoms with E-state index in [2.05, 4.69) is 24.5 Å². The Bertz CT molecular complexity index is 685. The number of unbranched alkanes of at least 4 members (excludes halogenated alkanes) is 2. The standard InChI is InChI=1S/C21H30N2O4/c1-4-7-12-16-18(20(24)26-6-3)19(23-21(25)22-16)15-11-9-10-13-17(15)27-14-8-5-2/h9-11,13,19H,4-8,12,14H2,1-3H3,(H2,22,23,25). The predicted octanol–water partition coefficient (Wildman–Crippen LogP) is 4.23. The highest BCUT2D eigenvalue weighted by atomic mass is 16.5. The van der Waals surface area contributed by atoms with Crippen LogP contribution in [-0.4, -0.2) is 25.2 Å². The SMILES string of the molecule is CCCCOc1ccccc1C1NC(=O)NC(CCCC)=C1C(=O)OCC. The zero-order valence-corrected chi connectivity index (χ0v) is 16.5. The third kappa shape index (κ3) is 5.49. The molecule has 2 amide bonds. The van der Waals surface area contributed by atoms with Crippen LogP contribution in [0.15, 0.2) is 35.5 Å². The molecule has 0 spiro atoms. The van der Waals surface area contributed by atoms with Crippen LogP contribution >= 0.6 is 0 Å². The number of benzene rings is 1. The van der Waals surface area contributed by atoms with Gasteiger partial charge in [-0.1, -0.05) is 44.9 Å². The van der Waals surface area contributed by atoms with Gasteiger partial charge in [-0.15, -0.1) is 0 Å². The summed E-state index contributed by atoms with van der Waals surface area (Å²) in [6.07, 6.45) is 4.42. The number of hydrogen-bond acceptors (Lipinski definition) is 4. The molecule has 148 valence electrons. The van der Waals surface area contributed by atoms with Gasteiger partial charge in [0.05, 0.1) is 24.8 Å². The van der Waals surface area contributed by atoms with Crippen molar-refractivity contribution in [3.63, 3.8) is 0 Å². The monoisotopic (exact) mass is 374 g/mol. The van der Waals surface area contributed by atoms with Crippen LogP contribution in [0.3, 0.4) is 0 Å². The van der Waals surface area contributed by atoms with Gasteiger partial charge in [0.15, 0.2) is 0 Å². The maximum atomic E-state index is 12.7. The lowest BCUT2D eigenvalue weighted by atomic mass is 9.93. The fraction of sp³-hybridized carbons (Fsp3) is 0.524. The summed E-state index contributed by atoms with van der Waals surface area (Å²) in [5.41, 5.74) is 1.85. The van der Waals surface area contributed by atoms with Crippen LogP contribution in [0.1, 0.15) is 64.5 Å². The summed E-state index contributed by atoms with van der Waals surface area (Å²) in [6.45, 7) is 6.81. The normalized spacial score (nSPS) is 16.6. The molecule has 1 unspecified atom stereocenters. The minimum atomic E-state index is -0.595. The van der Waals surface area contributed by atoms with Crippen LogP contribution in [0.4, 0.5) is 4.79 Å². The number of rotatable bonds is 10. The van der Waals surface area contributed by atoms with Gasteiger partial charge in [0.1, 0.15) is 5.75 Å². The molecule has 0 aromatic heterocycles. The molecule has 1 atom stereocenters. The number of carbonyl (C=O) groups is 2. The summed E-state index contributed by atoms with van der Waals surface area (Å²) in [4.78, 5) is 25.0. The van der Waals surface area contributed by atoms with Crippen LogP contribution < -0.4 is 15.4 Å². The van der Waals surface area contributed by atoms with Crippen LogP contribution in [0.5, 0.6) is 5.75 Å². The van der Waals surface area contributed by atoms with Gasteiger partial charge >= 0.3 is 12.0 Å². The Labute approximate surface area is 161 Å². The first-order valence-electron chi connectivity index (χ1n) is 9.81. The Hall–Kier alpha value is -2.50. The second-order valence-electron chi connectivity index (χ2n) is 6.49. The van der Waals surface area contributed by atoms with Gasteiger partial charge in [0.2, 0.25) is 0 Å². The van der Waals surface area contributed by atoms with Crippen molar-refractivity contribution in [2.45, 2.75) is 58.9 Å². The number of para-hydroxylation sites is 1. The van der Waals surface area contributed by atoms with E-state index in [0.717, 1.165) is 31.2 Å². The molecular weight excluding hydrogens is 344 g/mol. The van der Waals surface area contributed by atoms with E-state index in [9.17, 15) is 9.59 Å². The van der Waals surface area contributed by atoms with E-state index >= 15 is 0 Å². The van der Waals surface area contributed by atoms with Gasteiger partial charge in [0, 0.05) is 11.3 Å². The predicted molar refractivity (Wildman–Crippen MR) is 104 cm³/mol. The molecule has 0 bridgehead atoms. The Balaban J connectivity index is 2.45. The van der Waals surface area contributed by atoms with Crippen molar-refractivity contribution >= 4 is 12.0 Å². The third-order valence-corrected chi connectivity index (χ3v) is 4.41. The second-order valence-corrected chi connectivity index (χ2v) is 6.49. The first kappa shape index (κ1) is 20.8. The molecule has 0 aliphatic carbocycles. The van der Waals surface area contributed by atoms with Crippen LogP contribution in [0.25, 0.3) is 0 Å². The molecule has 1 aliphatic rings. The lowest BCUT2D eigenvalue weighted by Gasteiger charge is -2.30. The highest BCUT2D eigenvalue weighted by molar-refractivity contribution is 5.95. The van der Waals surface area contributed by atoms with Gasteiger partial charge in [0.25, 0.3) is 0 Å². The summed E-state index contributed by atoms with van der Waals surface area (Å²) in [5.74, 6) is 0.263. The molecule has 0 saturated carbocycles. The lowest BCUT2D eigenvalue weighted by molar-refractivity contribution is -0.139. The minimum absolute atomic E-state index is 0.276. The van der Waals surface area contributed by atoms with E-state index in [1.807, 2.05) is 24.3 Å². The number of nitrogens with one attached hydrogen (secondary N) is 2. The average Bonchev–Trinajstić information content (AvgIpc) is 2.66. The zero-order valence-electron chi connectivity index (χ0n) is 16.5. The molecular formula is C21H30N2O4. The number of ether oxygens (including phenoxy) is 2. The van der Waals surface area contributed by atoms with Gasteiger partial charge in [-0.05, 0) is 32.3 Å². The van der Waals surface area contributed by atoms with Crippen molar-refractivity contribution in [1.29, 1.82) is 0 Å². The van der Waals surface area contributed by atoms with E-state index in [1.165, 1.54) is 0 Å². The molecule has 2 N–H and O–H groups in total. The Morgan fingerprint density at radius 2 is 1.85 bits per heavy atom. The minimum Gasteiger partial charge on any atom is -0.493 e. The molecule has 6 heteroatoms. The van der Waals surface area contributed by atoms with Crippen LogP contribution in [-0.2, 0) is 9.53 Å². The average molecular weight is 374 g/mol. The number of carbonyl (C=O) groups excluding carboxylic acids is 2. The molecule has 6 nitrogen and oxygen atoms in total. The summed E-state index contributed by atoms with van der Waals surface area (Å²) >= 11 is 0. The van der Waals surface area contributed by atoms with Crippen molar-refractivity contribution in [3.05, 3.63) is 41.1 Å². The third-order valence-electron chi connectivity index (χ3n) is 4.41. The van der Waals surface area contributed by atoms with E-state index in [4.69, 9.17) is 9.47 Å². The van der Waals surface area contributed by atoms with Crippen molar-refractivity contribution in [1.82, 2.24) is 10.6 Å².